The number of ketones is 1. The average Bonchev–Trinajstić information content (AvgIpc) is 3.31. The molecule has 0 spiro atoms. The number of aliphatic hydroxyl groups is 1. The van der Waals surface area contributed by atoms with E-state index >= 15 is 0 Å². The van der Waals surface area contributed by atoms with Crippen LogP contribution < -0.4 is 0 Å². The number of carbonyl (C=O) groups is 2. The molecular weight excluding hydrogens is 397 g/mol. The van der Waals surface area contributed by atoms with Crippen LogP contribution in [0.1, 0.15) is 30.0 Å². The van der Waals surface area contributed by atoms with E-state index in [0.29, 0.717) is 17.2 Å². The summed E-state index contributed by atoms with van der Waals surface area (Å²) in [4.78, 5) is 27.0. The number of hydrogen-bond acceptors (Lipinski definition) is 4. The molecule has 0 saturated carbocycles. The van der Waals surface area contributed by atoms with Crippen molar-refractivity contribution in [1.82, 2.24) is 4.90 Å². The largest absolute Gasteiger partial charge is 0.507 e. The summed E-state index contributed by atoms with van der Waals surface area (Å²) in [6.45, 7) is 0.741. The Morgan fingerprint density at radius 2 is 1.90 bits per heavy atom. The Morgan fingerprint density at radius 3 is 2.55 bits per heavy atom. The second kappa shape index (κ2) is 7.97. The molecule has 150 valence electrons. The highest BCUT2D eigenvalue weighted by Crippen LogP contribution is 2.41. The summed E-state index contributed by atoms with van der Waals surface area (Å²) in [6.07, 6.45) is 1.39. The van der Waals surface area contributed by atoms with Crippen LogP contribution in [0.15, 0.2) is 54.1 Å². The maximum Gasteiger partial charge on any atom is 0.295 e. The highest BCUT2D eigenvalue weighted by Gasteiger charge is 2.47. The van der Waals surface area contributed by atoms with E-state index in [1.807, 2.05) is 0 Å². The third-order valence-corrected chi connectivity index (χ3v) is 5.53. The molecule has 1 amide bonds. The van der Waals surface area contributed by atoms with E-state index in [0.717, 1.165) is 12.8 Å². The SMILES string of the molecule is O=C1C(=O)N(C[C@H]2CCCO2)[C@H](c2ccccc2F)C1=C(O)c1ccc(Cl)cc1. The first-order valence-electron chi connectivity index (χ1n) is 9.37. The fraction of sp³-hybridized carbons (Fsp3) is 0.273. The van der Waals surface area contributed by atoms with E-state index in [1.165, 1.54) is 23.1 Å². The van der Waals surface area contributed by atoms with Gasteiger partial charge in [0, 0.05) is 29.3 Å². The minimum Gasteiger partial charge on any atom is -0.507 e. The van der Waals surface area contributed by atoms with Gasteiger partial charge in [0.2, 0.25) is 0 Å². The smallest absolute Gasteiger partial charge is 0.295 e. The molecule has 2 aromatic rings. The lowest BCUT2D eigenvalue weighted by atomic mass is 9.95. The van der Waals surface area contributed by atoms with Gasteiger partial charge in [-0.1, -0.05) is 29.8 Å². The molecule has 2 saturated heterocycles. The van der Waals surface area contributed by atoms with Crippen molar-refractivity contribution in [2.45, 2.75) is 25.0 Å². The van der Waals surface area contributed by atoms with Crippen molar-refractivity contribution in [1.29, 1.82) is 0 Å². The minimum absolute atomic E-state index is 0.139. The van der Waals surface area contributed by atoms with E-state index in [4.69, 9.17) is 16.3 Å². The summed E-state index contributed by atoms with van der Waals surface area (Å²) >= 11 is 5.90. The van der Waals surface area contributed by atoms with Crippen LogP contribution in [0.2, 0.25) is 5.02 Å². The van der Waals surface area contributed by atoms with Gasteiger partial charge in [0.1, 0.15) is 11.6 Å². The van der Waals surface area contributed by atoms with Gasteiger partial charge in [0.15, 0.2) is 0 Å². The number of ether oxygens (including phenoxy) is 1. The van der Waals surface area contributed by atoms with Gasteiger partial charge in [-0.2, -0.15) is 0 Å². The van der Waals surface area contributed by atoms with E-state index in [-0.39, 0.29) is 29.5 Å². The highest BCUT2D eigenvalue weighted by atomic mass is 35.5. The quantitative estimate of drug-likeness (QED) is 0.464. The number of likely N-dealkylation sites (tertiary alicyclic amines) is 1. The van der Waals surface area contributed by atoms with Crippen LogP contribution in [0.3, 0.4) is 0 Å². The first kappa shape index (κ1) is 19.6. The average molecular weight is 416 g/mol. The molecule has 2 aromatic carbocycles. The lowest BCUT2D eigenvalue weighted by Crippen LogP contribution is -2.36. The Bertz CT molecular complexity index is 983. The van der Waals surface area contributed by atoms with E-state index in [2.05, 4.69) is 0 Å². The molecule has 5 nitrogen and oxygen atoms in total. The van der Waals surface area contributed by atoms with Crippen LogP contribution in [0, 0.1) is 5.82 Å². The van der Waals surface area contributed by atoms with Crippen LogP contribution in [0.4, 0.5) is 4.39 Å². The van der Waals surface area contributed by atoms with Crippen molar-refractivity contribution in [3.63, 3.8) is 0 Å². The monoisotopic (exact) mass is 415 g/mol. The van der Waals surface area contributed by atoms with Gasteiger partial charge >= 0.3 is 0 Å². The molecule has 0 radical (unpaired) electrons. The second-order valence-corrected chi connectivity index (χ2v) is 7.55. The molecule has 2 aliphatic rings. The Hall–Kier alpha value is -2.70. The molecular formula is C22H19ClFNO4. The number of halogens is 2. The predicted octanol–water partition coefficient (Wildman–Crippen LogP) is 4.08. The summed E-state index contributed by atoms with van der Waals surface area (Å²) < 4.78 is 20.3. The topological polar surface area (TPSA) is 66.8 Å². The minimum atomic E-state index is -1.03. The third kappa shape index (κ3) is 3.66. The molecule has 1 N–H and O–H groups in total. The van der Waals surface area contributed by atoms with Gasteiger partial charge in [-0.3, -0.25) is 9.59 Å². The number of Topliss-reactive ketones (excluding diaryl/α,β-unsaturated/α-hetero) is 1. The van der Waals surface area contributed by atoms with Crippen molar-refractivity contribution in [2.75, 3.05) is 13.2 Å². The standard InChI is InChI=1S/C22H19ClFNO4/c23-14-9-7-13(8-10-14)20(26)18-19(16-5-1-2-6-17(16)24)25(22(28)21(18)27)12-15-4-3-11-29-15/h1-2,5-10,15,19,26H,3-4,11-12H2/t15-,19-/m1/s1. The van der Waals surface area contributed by atoms with Crippen molar-refractivity contribution in [2.24, 2.45) is 0 Å². The molecule has 2 heterocycles. The lowest BCUT2D eigenvalue weighted by molar-refractivity contribution is -0.140. The number of benzene rings is 2. The molecule has 2 aliphatic heterocycles. The maximum absolute atomic E-state index is 14.7. The summed E-state index contributed by atoms with van der Waals surface area (Å²) in [5.41, 5.74) is 0.339. The molecule has 29 heavy (non-hydrogen) atoms. The van der Waals surface area contributed by atoms with Crippen molar-refractivity contribution in [3.05, 3.63) is 76.1 Å². The number of nitrogens with zero attached hydrogens (tertiary/aromatic N) is 1. The number of carbonyl (C=O) groups excluding carboxylic acids is 2. The summed E-state index contributed by atoms with van der Waals surface area (Å²) in [7, 11) is 0. The number of aliphatic hydroxyl groups excluding tert-OH is 1. The highest BCUT2D eigenvalue weighted by molar-refractivity contribution is 6.46. The Balaban J connectivity index is 1.84. The molecule has 2 fully saturated rings. The molecule has 0 aromatic heterocycles. The molecule has 7 heteroatoms. The summed E-state index contributed by atoms with van der Waals surface area (Å²) in [6, 6.07) is 11.1. The zero-order valence-corrected chi connectivity index (χ0v) is 16.2. The first-order chi connectivity index (χ1) is 14.0. The van der Waals surface area contributed by atoms with E-state index in [1.54, 1.807) is 30.3 Å². The predicted molar refractivity (Wildman–Crippen MR) is 106 cm³/mol. The number of amides is 1. The Morgan fingerprint density at radius 1 is 1.17 bits per heavy atom. The molecule has 0 unspecified atom stereocenters. The van der Waals surface area contributed by atoms with Crippen molar-refractivity contribution in [3.8, 4) is 0 Å². The number of hydrogen-bond donors (Lipinski definition) is 1. The van der Waals surface area contributed by atoms with Gasteiger partial charge in [-0.15, -0.1) is 0 Å². The normalized spacial score (nSPS) is 23.7. The van der Waals surface area contributed by atoms with Gasteiger partial charge in [0.25, 0.3) is 11.7 Å². The van der Waals surface area contributed by atoms with Crippen LogP contribution in [-0.4, -0.2) is 41.0 Å². The summed E-state index contributed by atoms with van der Waals surface area (Å²) in [5, 5.41) is 11.3. The first-order valence-corrected chi connectivity index (χ1v) is 9.75. The van der Waals surface area contributed by atoms with E-state index < -0.39 is 23.5 Å². The van der Waals surface area contributed by atoms with Crippen molar-refractivity contribution < 1.29 is 23.8 Å². The van der Waals surface area contributed by atoms with Gasteiger partial charge in [-0.25, -0.2) is 4.39 Å². The third-order valence-electron chi connectivity index (χ3n) is 5.28. The fourth-order valence-electron chi connectivity index (χ4n) is 3.86. The van der Waals surface area contributed by atoms with Crippen LogP contribution >= 0.6 is 11.6 Å². The molecule has 0 bridgehead atoms. The number of rotatable bonds is 4. The maximum atomic E-state index is 14.7. The Labute approximate surface area is 172 Å². The molecule has 0 aliphatic carbocycles. The van der Waals surface area contributed by atoms with Crippen molar-refractivity contribution >= 4 is 29.1 Å². The van der Waals surface area contributed by atoms with Gasteiger partial charge in [-0.05, 0) is 43.2 Å². The Kier molecular flexibility index (Phi) is 5.39. The van der Waals surface area contributed by atoms with Crippen LogP contribution in [0.5, 0.6) is 0 Å². The summed E-state index contributed by atoms with van der Waals surface area (Å²) in [5.74, 6) is -2.53. The van der Waals surface area contributed by atoms with Gasteiger partial charge in [0.05, 0.1) is 17.7 Å². The fourth-order valence-corrected chi connectivity index (χ4v) is 3.99. The lowest BCUT2D eigenvalue weighted by Gasteiger charge is -2.27. The zero-order chi connectivity index (χ0) is 20.5. The molecule has 2 atom stereocenters. The van der Waals surface area contributed by atoms with Crippen LogP contribution in [-0.2, 0) is 14.3 Å². The van der Waals surface area contributed by atoms with E-state index in [9.17, 15) is 19.1 Å². The molecule has 4 rings (SSSR count). The second-order valence-electron chi connectivity index (χ2n) is 7.11. The van der Waals surface area contributed by atoms with Gasteiger partial charge < -0.3 is 14.7 Å². The zero-order valence-electron chi connectivity index (χ0n) is 15.5. The van der Waals surface area contributed by atoms with Crippen LogP contribution in [0.25, 0.3) is 5.76 Å².